The van der Waals surface area contributed by atoms with Crippen molar-refractivity contribution >= 4 is 27.5 Å². The van der Waals surface area contributed by atoms with Crippen molar-refractivity contribution in [2.75, 3.05) is 5.32 Å². The van der Waals surface area contributed by atoms with E-state index < -0.39 is 11.7 Å². The van der Waals surface area contributed by atoms with Crippen LogP contribution in [0.1, 0.15) is 26.3 Å². The highest BCUT2D eigenvalue weighted by atomic mass is 79.9. The molecule has 0 bridgehead atoms. The molecule has 0 aliphatic carbocycles. The summed E-state index contributed by atoms with van der Waals surface area (Å²) in [5.74, 6) is -0.457. The normalized spacial score (nSPS) is 13.5. The highest BCUT2D eigenvalue weighted by molar-refractivity contribution is 9.10. The minimum atomic E-state index is -4.43. The molecular formula is C13H15BrF3NO. The molecule has 0 saturated heterocycles. The first kappa shape index (κ1) is 16.0. The zero-order valence-corrected chi connectivity index (χ0v) is 12.4. The van der Waals surface area contributed by atoms with E-state index in [9.17, 15) is 18.0 Å². The zero-order chi connectivity index (χ0) is 14.8. The number of hydrogen-bond acceptors (Lipinski definition) is 1. The van der Waals surface area contributed by atoms with Crippen molar-refractivity contribution in [1.82, 2.24) is 0 Å². The third-order valence-corrected chi connectivity index (χ3v) is 3.66. The highest BCUT2D eigenvalue weighted by Crippen LogP contribution is 2.34. The van der Waals surface area contributed by atoms with Gasteiger partial charge in [-0.15, -0.1) is 0 Å². The fourth-order valence-corrected chi connectivity index (χ4v) is 1.69. The Labute approximate surface area is 118 Å². The van der Waals surface area contributed by atoms with Gasteiger partial charge in [-0.05, 0) is 40.0 Å². The molecule has 0 saturated carbocycles. The molecule has 0 spiro atoms. The Morgan fingerprint density at radius 1 is 1.26 bits per heavy atom. The number of nitrogens with one attached hydrogen (secondary N) is 1. The Balaban J connectivity index is 2.98. The fourth-order valence-electron chi connectivity index (χ4n) is 1.35. The standard InChI is InChI=1S/C13H15BrF3NO/c1-7(2)8(3)12(19)18-11-6-9(13(15,16)17)4-5-10(11)14/h4-8H,1-3H3,(H,18,19). The summed E-state index contributed by atoms with van der Waals surface area (Å²) in [5.41, 5.74) is -0.657. The highest BCUT2D eigenvalue weighted by Gasteiger charge is 2.31. The van der Waals surface area contributed by atoms with Gasteiger partial charge in [0, 0.05) is 10.4 Å². The molecule has 6 heteroatoms. The third-order valence-electron chi connectivity index (χ3n) is 2.97. The van der Waals surface area contributed by atoms with E-state index in [-0.39, 0.29) is 23.4 Å². The fraction of sp³-hybridized carbons (Fsp3) is 0.462. The molecule has 1 unspecified atom stereocenters. The first-order chi connectivity index (χ1) is 8.62. The van der Waals surface area contributed by atoms with Crippen molar-refractivity contribution in [3.63, 3.8) is 0 Å². The number of rotatable bonds is 3. The van der Waals surface area contributed by atoms with Crippen molar-refractivity contribution < 1.29 is 18.0 Å². The first-order valence-electron chi connectivity index (χ1n) is 5.80. The molecule has 19 heavy (non-hydrogen) atoms. The summed E-state index contributed by atoms with van der Waals surface area (Å²) in [4.78, 5) is 11.9. The van der Waals surface area contributed by atoms with Crippen LogP contribution >= 0.6 is 15.9 Å². The number of benzene rings is 1. The number of halogens is 4. The Morgan fingerprint density at radius 3 is 2.32 bits per heavy atom. The maximum Gasteiger partial charge on any atom is 0.416 e. The lowest BCUT2D eigenvalue weighted by Crippen LogP contribution is -2.24. The van der Waals surface area contributed by atoms with Gasteiger partial charge in [0.25, 0.3) is 0 Å². The lowest BCUT2D eigenvalue weighted by molar-refractivity contribution is -0.137. The maximum absolute atomic E-state index is 12.6. The summed E-state index contributed by atoms with van der Waals surface area (Å²) in [7, 11) is 0. The molecule has 106 valence electrons. The Hall–Kier alpha value is -1.04. The van der Waals surface area contributed by atoms with Crippen molar-refractivity contribution in [3.05, 3.63) is 28.2 Å². The molecule has 1 rings (SSSR count). The molecule has 1 amide bonds. The van der Waals surface area contributed by atoms with E-state index in [1.165, 1.54) is 6.07 Å². The quantitative estimate of drug-likeness (QED) is 0.851. The second kappa shape index (κ2) is 5.94. The van der Waals surface area contributed by atoms with Crippen LogP contribution < -0.4 is 5.32 Å². The second-order valence-electron chi connectivity index (χ2n) is 4.71. The van der Waals surface area contributed by atoms with Gasteiger partial charge >= 0.3 is 6.18 Å². The third kappa shape index (κ3) is 4.23. The number of carbonyl (C=O) groups excluding carboxylic acids is 1. The summed E-state index contributed by atoms with van der Waals surface area (Å²) in [6, 6.07) is 3.17. The number of anilines is 1. The summed E-state index contributed by atoms with van der Waals surface area (Å²) < 4.78 is 38.2. The zero-order valence-electron chi connectivity index (χ0n) is 10.8. The molecule has 2 nitrogen and oxygen atoms in total. The van der Waals surface area contributed by atoms with Crippen molar-refractivity contribution in [1.29, 1.82) is 0 Å². The van der Waals surface area contributed by atoms with Crippen molar-refractivity contribution in [2.45, 2.75) is 26.9 Å². The first-order valence-corrected chi connectivity index (χ1v) is 6.60. The van der Waals surface area contributed by atoms with Crippen LogP contribution in [0.25, 0.3) is 0 Å². The van der Waals surface area contributed by atoms with Gasteiger partial charge in [0.1, 0.15) is 0 Å². The predicted octanol–water partition coefficient (Wildman–Crippen LogP) is 4.70. The van der Waals surface area contributed by atoms with Crippen LogP contribution in [0.2, 0.25) is 0 Å². The van der Waals surface area contributed by atoms with Crippen molar-refractivity contribution in [3.8, 4) is 0 Å². The van der Waals surface area contributed by atoms with Crippen LogP contribution in [0.5, 0.6) is 0 Å². The average Bonchev–Trinajstić information content (AvgIpc) is 2.29. The molecule has 0 aromatic heterocycles. The van der Waals surface area contributed by atoms with E-state index in [0.29, 0.717) is 4.47 Å². The number of carbonyl (C=O) groups is 1. The summed E-state index contributed by atoms with van der Waals surface area (Å²) in [6.45, 7) is 5.50. The lowest BCUT2D eigenvalue weighted by atomic mass is 9.97. The largest absolute Gasteiger partial charge is 0.416 e. The van der Waals surface area contributed by atoms with Gasteiger partial charge in [0.05, 0.1) is 11.3 Å². The topological polar surface area (TPSA) is 29.1 Å². The molecule has 0 heterocycles. The van der Waals surface area contributed by atoms with Gasteiger partial charge < -0.3 is 5.32 Å². The molecule has 0 fully saturated rings. The molecule has 1 aromatic rings. The maximum atomic E-state index is 12.6. The summed E-state index contributed by atoms with van der Waals surface area (Å²) in [5, 5.41) is 2.52. The molecular weight excluding hydrogens is 323 g/mol. The summed E-state index contributed by atoms with van der Waals surface area (Å²) >= 11 is 3.13. The van der Waals surface area contributed by atoms with E-state index in [0.717, 1.165) is 12.1 Å². The van der Waals surface area contributed by atoms with E-state index in [1.807, 2.05) is 13.8 Å². The molecule has 1 atom stereocenters. The number of amides is 1. The van der Waals surface area contributed by atoms with Crippen LogP contribution in [-0.2, 0) is 11.0 Å². The van der Waals surface area contributed by atoms with Crippen LogP contribution in [-0.4, -0.2) is 5.91 Å². The van der Waals surface area contributed by atoms with Gasteiger partial charge in [-0.25, -0.2) is 0 Å². The van der Waals surface area contributed by atoms with Crippen LogP contribution in [0.3, 0.4) is 0 Å². The van der Waals surface area contributed by atoms with E-state index >= 15 is 0 Å². The lowest BCUT2D eigenvalue weighted by Gasteiger charge is -2.17. The van der Waals surface area contributed by atoms with E-state index in [1.54, 1.807) is 6.92 Å². The molecule has 0 radical (unpaired) electrons. The smallest absolute Gasteiger partial charge is 0.325 e. The predicted molar refractivity (Wildman–Crippen MR) is 71.8 cm³/mol. The monoisotopic (exact) mass is 337 g/mol. The SMILES string of the molecule is CC(C)C(C)C(=O)Nc1cc(C(F)(F)F)ccc1Br. The Kier molecular flexibility index (Phi) is 5.01. The van der Waals surface area contributed by atoms with Gasteiger partial charge in [-0.1, -0.05) is 20.8 Å². The Bertz CT molecular complexity index is 471. The van der Waals surface area contributed by atoms with Gasteiger partial charge in [-0.2, -0.15) is 13.2 Å². The second-order valence-corrected chi connectivity index (χ2v) is 5.57. The molecule has 0 aliphatic rings. The van der Waals surface area contributed by atoms with Gasteiger partial charge in [0.2, 0.25) is 5.91 Å². The molecule has 1 aromatic carbocycles. The van der Waals surface area contributed by atoms with Crippen LogP contribution in [0.15, 0.2) is 22.7 Å². The number of alkyl halides is 3. The molecule has 0 aliphatic heterocycles. The number of hydrogen-bond donors (Lipinski definition) is 1. The van der Waals surface area contributed by atoms with Gasteiger partial charge in [0.15, 0.2) is 0 Å². The van der Waals surface area contributed by atoms with Crippen LogP contribution in [0.4, 0.5) is 18.9 Å². The van der Waals surface area contributed by atoms with Crippen molar-refractivity contribution in [2.24, 2.45) is 11.8 Å². The average molecular weight is 338 g/mol. The summed E-state index contributed by atoms with van der Waals surface area (Å²) in [6.07, 6.45) is -4.43. The minimum Gasteiger partial charge on any atom is -0.325 e. The van der Waals surface area contributed by atoms with E-state index in [2.05, 4.69) is 21.2 Å². The van der Waals surface area contributed by atoms with E-state index in [4.69, 9.17) is 0 Å². The minimum absolute atomic E-state index is 0.115. The van der Waals surface area contributed by atoms with Gasteiger partial charge in [-0.3, -0.25) is 4.79 Å². The molecule has 1 N–H and O–H groups in total. The Morgan fingerprint density at radius 2 is 1.84 bits per heavy atom. The van der Waals surface area contributed by atoms with Crippen LogP contribution in [0, 0.1) is 11.8 Å².